The smallest absolute Gasteiger partial charge is 0.312 e. The number of esters is 1. The standard InChI is InChI=1S/C20H18N2O6S/c1-26-17-8-5-14(9-18(17)27-2)20-21-15(12-29-20)10-19(23)28-11-13-3-6-16(7-4-13)22(24)25/h3-9,12H,10-11H2,1-2H3. The van der Waals surface area contributed by atoms with Crippen LogP contribution in [0.1, 0.15) is 11.3 Å². The number of nitro benzene ring substituents is 1. The zero-order valence-electron chi connectivity index (χ0n) is 15.8. The third-order valence-corrected chi connectivity index (χ3v) is 4.99. The number of hydrogen-bond acceptors (Lipinski definition) is 8. The van der Waals surface area contributed by atoms with Crippen LogP contribution in [0.25, 0.3) is 10.6 Å². The van der Waals surface area contributed by atoms with Crippen molar-refractivity contribution in [3.05, 3.63) is 69.2 Å². The number of aromatic nitrogens is 1. The van der Waals surface area contributed by atoms with Gasteiger partial charge in [-0.25, -0.2) is 4.98 Å². The van der Waals surface area contributed by atoms with Crippen LogP contribution < -0.4 is 9.47 Å². The fourth-order valence-corrected chi connectivity index (χ4v) is 3.38. The van der Waals surface area contributed by atoms with Crippen molar-refractivity contribution in [1.82, 2.24) is 4.98 Å². The van der Waals surface area contributed by atoms with Crippen molar-refractivity contribution in [2.24, 2.45) is 0 Å². The molecule has 0 aliphatic rings. The van der Waals surface area contributed by atoms with Gasteiger partial charge in [-0.05, 0) is 35.9 Å². The lowest BCUT2D eigenvalue weighted by atomic mass is 10.2. The molecule has 29 heavy (non-hydrogen) atoms. The van der Waals surface area contributed by atoms with Gasteiger partial charge >= 0.3 is 5.97 Å². The van der Waals surface area contributed by atoms with Crippen LogP contribution in [-0.4, -0.2) is 30.1 Å². The molecule has 0 aliphatic carbocycles. The van der Waals surface area contributed by atoms with Crippen LogP contribution >= 0.6 is 11.3 Å². The predicted molar refractivity (Wildman–Crippen MR) is 107 cm³/mol. The minimum Gasteiger partial charge on any atom is -0.493 e. The normalized spacial score (nSPS) is 10.4. The first-order valence-electron chi connectivity index (χ1n) is 8.56. The Morgan fingerprint density at radius 1 is 1.10 bits per heavy atom. The SMILES string of the molecule is COc1ccc(-c2nc(CC(=O)OCc3ccc([N+](=O)[O-])cc3)cs2)cc1OC. The molecular weight excluding hydrogens is 396 g/mol. The highest BCUT2D eigenvalue weighted by atomic mass is 32.1. The third kappa shape index (κ3) is 5.08. The fraction of sp³-hybridized carbons (Fsp3) is 0.200. The Morgan fingerprint density at radius 3 is 2.48 bits per heavy atom. The van der Waals surface area contributed by atoms with E-state index in [1.165, 1.54) is 23.5 Å². The van der Waals surface area contributed by atoms with E-state index in [9.17, 15) is 14.9 Å². The summed E-state index contributed by atoms with van der Waals surface area (Å²) < 4.78 is 15.8. The van der Waals surface area contributed by atoms with Crippen LogP contribution in [0.5, 0.6) is 11.5 Å². The molecule has 0 unspecified atom stereocenters. The number of nitrogens with zero attached hydrogens (tertiary/aromatic N) is 2. The molecule has 0 saturated carbocycles. The first-order valence-corrected chi connectivity index (χ1v) is 9.44. The molecule has 0 saturated heterocycles. The Kier molecular flexibility index (Phi) is 6.40. The summed E-state index contributed by atoms with van der Waals surface area (Å²) in [7, 11) is 3.14. The molecule has 3 rings (SSSR count). The van der Waals surface area contributed by atoms with E-state index in [1.807, 2.05) is 12.1 Å². The molecule has 150 valence electrons. The highest BCUT2D eigenvalue weighted by molar-refractivity contribution is 7.13. The molecule has 0 fully saturated rings. The van der Waals surface area contributed by atoms with E-state index < -0.39 is 10.9 Å². The number of carbonyl (C=O) groups is 1. The minimum atomic E-state index is -0.478. The average Bonchev–Trinajstić information content (AvgIpc) is 3.20. The molecule has 3 aromatic rings. The molecule has 9 heteroatoms. The zero-order valence-corrected chi connectivity index (χ0v) is 16.6. The molecule has 2 aromatic carbocycles. The first kappa shape index (κ1) is 20.3. The Morgan fingerprint density at radius 2 is 1.83 bits per heavy atom. The molecule has 0 bridgehead atoms. The van der Waals surface area contributed by atoms with E-state index in [0.29, 0.717) is 22.8 Å². The Balaban J connectivity index is 1.59. The van der Waals surface area contributed by atoms with Gasteiger partial charge in [0.05, 0.1) is 31.3 Å². The van der Waals surface area contributed by atoms with E-state index in [2.05, 4.69) is 4.98 Å². The van der Waals surface area contributed by atoms with Crippen molar-refractivity contribution >= 4 is 23.0 Å². The maximum absolute atomic E-state index is 12.1. The largest absolute Gasteiger partial charge is 0.493 e. The van der Waals surface area contributed by atoms with Crippen LogP contribution in [0, 0.1) is 10.1 Å². The summed E-state index contributed by atoms with van der Waals surface area (Å²) in [5.74, 6) is 0.805. The number of rotatable bonds is 8. The number of hydrogen-bond donors (Lipinski definition) is 0. The molecule has 0 amide bonds. The van der Waals surface area contributed by atoms with E-state index in [-0.39, 0.29) is 18.7 Å². The second-order valence-corrected chi connectivity index (χ2v) is 6.83. The van der Waals surface area contributed by atoms with Gasteiger partial charge in [0.2, 0.25) is 0 Å². The first-order chi connectivity index (χ1) is 14.0. The lowest BCUT2D eigenvalue weighted by Crippen LogP contribution is -2.08. The average molecular weight is 414 g/mol. The predicted octanol–water partition coefficient (Wildman–Crippen LogP) is 4.02. The monoisotopic (exact) mass is 414 g/mol. The number of non-ortho nitro benzene ring substituents is 1. The summed E-state index contributed by atoms with van der Waals surface area (Å²) in [6.45, 7) is 0.0451. The summed E-state index contributed by atoms with van der Waals surface area (Å²) >= 11 is 1.42. The zero-order chi connectivity index (χ0) is 20.8. The van der Waals surface area contributed by atoms with Gasteiger partial charge in [-0.2, -0.15) is 0 Å². The molecule has 1 heterocycles. The van der Waals surface area contributed by atoms with Crippen molar-refractivity contribution in [3.63, 3.8) is 0 Å². The van der Waals surface area contributed by atoms with Crippen LogP contribution in [0.15, 0.2) is 47.8 Å². The molecule has 0 atom stereocenters. The van der Waals surface area contributed by atoms with Gasteiger partial charge < -0.3 is 14.2 Å². The van der Waals surface area contributed by atoms with Crippen LogP contribution in [0.3, 0.4) is 0 Å². The molecule has 0 N–H and O–H groups in total. The van der Waals surface area contributed by atoms with Gasteiger partial charge in [-0.15, -0.1) is 11.3 Å². The third-order valence-electron chi connectivity index (χ3n) is 4.05. The van der Waals surface area contributed by atoms with Crippen LogP contribution in [0.4, 0.5) is 5.69 Å². The lowest BCUT2D eigenvalue weighted by molar-refractivity contribution is -0.384. The summed E-state index contributed by atoms with van der Waals surface area (Å²) in [5.41, 5.74) is 2.13. The van der Waals surface area contributed by atoms with Crippen molar-refractivity contribution < 1.29 is 23.9 Å². The van der Waals surface area contributed by atoms with E-state index in [4.69, 9.17) is 14.2 Å². The maximum Gasteiger partial charge on any atom is 0.312 e. The van der Waals surface area contributed by atoms with E-state index >= 15 is 0 Å². The Hall–Kier alpha value is -3.46. The lowest BCUT2D eigenvalue weighted by Gasteiger charge is -2.08. The Bertz CT molecular complexity index is 1020. The molecule has 0 radical (unpaired) electrons. The highest BCUT2D eigenvalue weighted by Gasteiger charge is 2.13. The van der Waals surface area contributed by atoms with Gasteiger partial charge in [-0.1, -0.05) is 0 Å². The number of thiazole rings is 1. The van der Waals surface area contributed by atoms with Crippen LogP contribution in [0.2, 0.25) is 0 Å². The summed E-state index contributed by atoms with van der Waals surface area (Å²) in [4.78, 5) is 26.7. The van der Waals surface area contributed by atoms with Gasteiger partial charge in [0.25, 0.3) is 5.69 Å². The Labute approximate surface area is 170 Å². The molecule has 0 aliphatic heterocycles. The topological polar surface area (TPSA) is 101 Å². The van der Waals surface area contributed by atoms with Crippen molar-refractivity contribution in [1.29, 1.82) is 0 Å². The van der Waals surface area contributed by atoms with Crippen molar-refractivity contribution in [2.75, 3.05) is 14.2 Å². The van der Waals surface area contributed by atoms with Gasteiger partial charge in [0.1, 0.15) is 11.6 Å². The van der Waals surface area contributed by atoms with E-state index in [0.717, 1.165) is 10.6 Å². The van der Waals surface area contributed by atoms with E-state index in [1.54, 1.807) is 37.8 Å². The number of ether oxygens (including phenoxy) is 3. The molecule has 0 spiro atoms. The minimum absolute atomic E-state index is 0.00904. The number of benzene rings is 2. The molecule has 1 aromatic heterocycles. The fourth-order valence-electron chi connectivity index (χ4n) is 2.57. The van der Waals surface area contributed by atoms with Crippen molar-refractivity contribution in [3.8, 4) is 22.1 Å². The van der Waals surface area contributed by atoms with Crippen molar-refractivity contribution in [2.45, 2.75) is 13.0 Å². The number of carbonyl (C=O) groups excluding carboxylic acids is 1. The summed E-state index contributed by atoms with van der Waals surface area (Å²) in [5, 5.41) is 13.2. The van der Waals surface area contributed by atoms with Gasteiger partial charge in [-0.3, -0.25) is 14.9 Å². The van der Waals surface area contributed by atoms with Gasteiger partial charge in [0, 0.05) is 23.1 Å². The maximum atomic E-state index is 12.1. The van der Waals surface area contributed by atoms with Gasteiger partial charge in [0.15, 0.2) is 11.5 Å². The quantitative estimate of drug-likeness (QED) is 0.312. The second kappa shape index (κ2) is 9.16. The highest BCUT2D eigenvalue weighted by Crippen LogP contribution is 2.33. The molecular formula is C20H18N2O6S. The summed E-state index contributed by atoms with van der Waals surface area (Å²) in [6, 6.07) is 11.4. The summed E-state index contributed by atoms with van der Waals surface area (Å²) in [6.07, 6.45) is 0.0385. The van der Waals surface area contributed by atoms with Crippen LogP contribution in [-0.2, 0) is 22.6 Å². The molecule has 8 nitrogen and oxygen atoms in total. The number of methoxy groups -OCH3 is 2. The number of nitro groups is 1. The second-order valence-electron chi connectivity index (χ2n) is 5.97.